The molecule has 0 aromatic heterocycles. The minimum Gasteiger partial charge on any atom is -0.480 e. The van der Waals surface area contributed by atoms with Gasteiger partial charge in [-0.2, -0.15) is 0 Å². The molecule has 3 rings (SSSR count). The predicted octanol–water partition coefficient (Wildman–Crippen LogP) is 0.892. The second kappa shape index (κ2) is 3.26. The average Bonchev–Trinajstić information content (AvgIpc) is 2.27. The van der Waals surface area contributed by atoms with E-state index in [1.807, 2.05) is 0 Å². The fourth-order valence-corrected chi connectivity index (χ4v) is 5.43. The van der Waals surface area contributed by atoms with E-state index in [1.165, 1.54) is 6.42 Å². The molecule has 3 fully saturated rings. The molecule has 0 aliphatic heterocycles. The molecule has 5 nitrogen and oxygen atoms in total. The van der Waals surface area contributed by atoms with Gasteiger partial charge in [-0.05, 0) is 36.0 Å². The van der Waals surface area contributed by atoms with E-state index < -0.39 is 11.9 Å². The summed E-state index contributed by atoms with van der Waals surface area (Å²) >= 11 is 0. The van der Waals surface area contributed by atoms with Crippen LogP contribution in [0.5, 0.6) is 0 Å². The van der Waals surface area contributed by atoms with Crippen molar-refractivity contribution < 1.29 is 19.8 Å². The van der Waals surface area contributed by atoms with Crippen LogP contribution in [0, 0.1) is 23.2 Å². The SMILES string of the molecule is C[C@@H]1C2CC3CC1(N(CC(=O)O)CC(=O)O)[C@@]32C. The van der Waals surface area contributed by atoms with Crippen LogP contribution < -0.4 is 0 Å². The van der Waals surface area contributed by atoms with Gasteiger partial charge in [0, 0.05) is 5.54 Å². The predicted molar refractivity (Wildman–Crippen MR) is 63.1 cm³/mol. The average molecular weight is 253 g/mol. The van der Waals surface area contributed by atoms with Crippen molar-refractivity contribution in [2.45, 2.75) is 32.2 Å². The molecule has 0 saturated heterocycles. The van der Waals surface area contributed by atoms with Crippen LogP contribution in [-0.2, 0) is 9.59 Å². The summed E-state index contributed by atoms with van der Waals surface area (Å²) in [7, 11) is 0. The van der Waals surface area contributed by atoms with Gasteiger partial charge in [0.25, 0.3) is 0 Å². The van der Waals surface area contributed by atoms with Gasteiger partial charge in [0.1, 0.15) is 0 Å². The quantitative estimate of drug-likeness (QED) is 0.761. The second-order valence-corrected chi connectivity index (χ2v) is 6.38. The van der Waals surface area contributed by atoms with Crippen LogP contribution in [0.4, 0.5) is 0 Å². The Balaban J connectivity index is 1.86. The van der Waals surface area contributed by atoms with Crippen molar-refractivity contribution in [2.75, 3.05) is 13.1 Å². The second-order valence-electron chi connectivity index (χ2n) is 6.38. The molecule has 3 aliphatic rings. The largest absolute Gasteiger partial charge is 0.480 e. The fraction of sp³-hybridized carbons (Fsp3) is 0.846. The van der Waals surface area contributed by atoms with Gasteiger partial charge in [0.15, 0.2) is 0 Å². The first kappa shape index (κ1) is 12.0. The summed E-state index contributed by atoms with van der Waals surface area (Å²) in [5.41, 5.74) is 0.00861. The van der Waals surface area contributed by atoms with Gasteiger partial charge in [0.05, 0.1) is 13.1 Å². The minimum atomic E-state index is -0.937. The van der Waals surface area contributed by atoms with Crippen LogP contribution in [0.2, 0.25) is 0 Å². The lowest BCUT2D eigenvalue weighted by atomic mass is 9.20. The lowest BCUT2D eigenvalue weighted by molar-refractivity contribution is -0.382. The summed E-state index contributed by atoms with van der Waals surface area (Å²) in [5, 5.41) is 18.0. The number of carbonyl (C=O) groups is 2. The monoisotopic (exact) mass is 253 g/mol. The van der Waals surface area contributed by atoms with Crippen molar-refractivity contribution in [3.05, 3.63) is 0 Å². The third-order valence-corrected chi connectivity index (χ3v) is 6.22. The molecule has 3 saturated carbocycles. The number of nitrogens with zero attached hydrogens (tertiary/aromatic N) is 1. The lowest BCUT2D eigenvalue weighted by Gasteiger charge is -2.88. The van der Waals surface area contributed by atoms with E-state index in [0.29, 0.717) is 17.8 Å². The number of rotatable bonds is 5. The Hall–Kier alpha value is -1.10. The van der Waals surface area contributed by atoms with Crippen LogP contribution in [0.15, 0.2) is 0 Å². The Labute approximate surface area is 106 Å². The minimum absolute atomic E-state index is 0.161. The summed E-state index contributed by atoms with van der Waals surface area (Å²) < 4.78 is 0. The first-order valence-corrected chi connectivity index (χ1v) is 6.52. The smallest absolute Gasteiger partial charge is 0.317 e. The van der Waals surface area contributed by atoms with Crippen molar-refractivity contribution in [1.82, 2.24) is 4.90 Å². The number of aliphatic carboxylic acids is 2. The van der Waals surface area contributed by atoms with Crippen LogP contribution in [-0.4, -0.2) is 45.7 Å². The van der Waals surface area contributed by atoms with Gasteiger partial charge < -0.3 is 10.2 Å². The highest BCUT2D eigenvalue weighted by Gasteiger charge is 2.84. The van der Waals surface area contributed by atoms with Crippen molar-refractivity contribution >= 4 is 11.9 Å². The highest BCUT2D eigenvalue weighted by Crippen LogP contribution is 2.84. The first-order chi connectivity index (χ1) is 8.34. The maximum absolute atomic E-state index is 11.0. The van der Waals surface area contributed by atoms with E-state index in [9.17, 15) is 9.59 Å². The van der Waals surface area contributed by atoms with Crippen LogP contribution in [0.3, 0.4) is 0 Å². The molecule has 0 bridgehead atoms. The lowest BCUT2D eigenvalue weighted by Crippen LogP contribution is -2.90. The highest BCUT2D eigenvalue weighted by atomic mass is 16.4. The van der Waals surface area contributed by atoms with Gasteiger partial charge in [-0.15, -0.1) is 0 Å². The Morgan fingerprint density at radius 3 is 2.17 bits per heavy atom. The molecule has 5 heteroatoms. The van der Waals surface area contributed by atoms with E-state index >= 15 is 0 Å². The van der Waals surface area contributed by atoms with Gasteiger partial charge in [-0.25, -0.2) is 0 Å². The van der Waals surface area contributed by atoms with Gasteiger partial charge in [0.2, 0.25) is 0 Å². The standard InChI is InChI=1S/C13H19NO4/c1-7-9-3-8-4-13(7,12(8,9)2)14(5-10(15)16)6-11(17)18/h7-9H,3-6H2,1-2H3,(H,15,16)(H,17,18)/t7-,8?,9?,12+,13?/m1/s1. The summed E-state index contributed by atoms with van der Waals surface area (Å²) in [6, 6.07) is 0. The van der Waals surface area contributed by atoms with Gasteiger partial charge >= 0.3 is 11.9 Å². The van der Waals surface area contributed by atoms with Gasteiger partial charge in [-0.1, -0.05) is 13.8 Å². The molecular weight excluding hydrogens is 234 g/mol. The molecule has 0 aromatic rings. The zero-order valence-corrected chi connectivity index (χ0v) is 10.7. The Morgan fingerprint density at radius 2 is 1.83 bits per heavy atom. The van der Waals surface area contributed by atoms with E-state index in [4.69, 9.17) is 10.2 Å². The van der Waals surface area contributed by atoms with Crippen LogP contribution >= 0.6 is 0 Å². The molecule has 0 spiro atoms. The number of carboxylic acid groups (broad SMARTS) is 2. The highest BCUT2D eigenvalue weighted by molar-refractivity contribution is 5.73. The van der Waals surface area contributed by atoms with Crippen LogP contribution in [0.25, 0.3) is 0 Å². The zero-order chi connectivity index (χ0) is 13.3. The summed E-state index contributed by atoms with van der Waals surface area (Å²) in [5.74, 6) is -0.100. The molecule has 0 aromatic carbocycles. The molecule has 100 valence electrons. The Morgan fingerprint density at radius 1 is 1.28 bits per heavy atom. The first-order valence-electron chi connectivity index (χ1n) is 6.52. The molecule has 3 aliphatic carbocycles. The van der Waals surface area contributed by atoms with E-state index in [1.54, 1.807) is 4.90 Å². The molecule has 2 N–H and O–H groups in total. The molecular formula is C13H19NO4. The van der Waals surface area contributed by atoms with Crippen molar-refractivity contribution in [3.8, 4) is 0 Å². The molecule has 5 atom stereocenters. The normalized spacial score (nSPS) is 47.6. The molecule has 0 amide bonds. The third kappa shape index (κ3) is 1.03. The van der Waals surface area contributed by atoms with Crippen LogP contribution in [0.1, 0.15) is 26.7 Å². The fourth-order valence-electron chi connectivity index (χ4n) is 5.43. The number of hydrogen-bond donors (Lipinski definition) is 2. The van der Waals surface area contributed by atoms with E-state index in [0.717, 1.165) is 6.42 Å². The molecule has 0 heterocycles. The zero-order valence-electron chi connectivity index (χ0n) is 10.7. The number of hydrogen-bond acceptors (Lipinski definition) is 3. The van der Waals surface area contributed by atoms with E-state index in [-0.39, 0.29) is 24.0 Å². The summed E-state index contributed by atoms with van der Waals surface area (Å²) in [6.07, 6.45) is 2.22. The van der Waals surface area contributed by atoms with Crippen molar-refractivity contribution in [3.63, 3.8) is 0 Å². The molecule has 3 unspecified atom stereocenters. The van der Waals surface area contributed by atoms with Gasteiger partial charge in [-0.3, -0.25) is 14.5 Å². The molecule has 18 heavy (non-hydrogen) atoms. The molecule has 0 radical (unpaired) electrons. The summed E-state index contributed by atoms with van der Waals surface area (Å²) in [6.45, 7) is 4.04. The Kier molecular flexibility index (Phi) is 2.17. The van der Waals surface area contributed by atoms with Crippen molar-refractivity contribution in [2.24, 2.45) is 23.2 Å². The maximum atomic E-state index is 11.0. The topological polar surface area (TPSA) is 77.8 Å². The van der Waals surface area contributed by atoms with Crippen molar-refractivity contribution in [1.29, 1.82) is 0 Å². The third-order valence-electron chi connectivity index (χ3n) is 6.22. The Bertz CT molecular complexity index is 421. The number of carboxylic acids is 2. The summed E-state index contributed by atoms with van der Waals surface area (Å²) in [4.78, 5) is 23.7. The maximum Gasteiger partial charge on any atom is 0.317 e. The van der Waals surface area contributed by atoms with E-state index in [2.05, 4.69) is 13.8 Å².